The predicted octanol–water partition coefficient (Wildman–Crippen LogP) is 0.375. The molecule has 2 heterocycles. The number of rotatable bonds is 3. The Balaban J connectivity index is 1.98. The Kier molecular flexibility index (Phi) is 2.65. The largest absolute Gasteiger partial charge is 0.378 e. The van der Waals surface area contributed by atoms with Gasteiger partial charge in [0, 0.05) is 26.7 Å². The number of hydrogen-bond acceptors (Lipinski definition) is 4. The first-order chi connectivity index (χ1) is 6.83. The van der Waals surface area contributed by atoms with E-state index in [1.807, 2.05) is 12.3 Å². The van der Waals surface area contributed by atoms with Crippen LogP contribution in [0.5, 0.6) is 0 Å². The number of hydrogen-bond donors (Lipinski definition) is 1. The third-order valence-corrected chi connectivity index (χ3v) is 2.56. The van der Waals surface area contributed by atoms with Gasteiger partial charge in [0.05, 0.1) is 23.7 Å². The molecule has 4 nitrogen and oxygen atoms in total. The van der Waals surface area contributed by atoms with Gasteiger partial charge in [0.15, 0.2) is 0 Å². The first-order valence-electron chi connectivity index (χ1n) is 4.76. The summed E-state index contributed by atoms with van der Waals surface area (Å²) in [5, 5.41) is 0. The lowest BCUT2D eigenvalue weighted by Gasteiger charge is -2.39. The molecule has 0 atom stereocenters. The van der Waals surface area contributed by atoms with E-state index in [9.17, 15) is 0 Å². The van der Waals surface area contributed by atoms with Crippen LogP contribution in [0.3, 0.4) is 0 Å². The molecule has 2 rings (SSSR count). The van der Waals surface area contributed by atoms with Crippen LogP contribution < -0.4 is 10.6 Å². The molecule has 0 saturated carbocycles. The van der Waals surface area contributed by atoms with Gasteiger partial charge in [-0.15, -0.1) is 0 Å². The Morgan fingerprint density at radius 2 is 2.36 bits per heavy atom. The lowest BCUT2D eigenvalue weighted by Crippen LogP contribution is -2.51. The minimum atomic E-state index is 0.379. The summed E-state index contributed by atoms with van der Waals surface area (Å²) in [5.74, 6) is 0. The van der Waals surface area contributed by atoms with Crippen molar-refractivity contribution in [3.8, 4) is 0 Å². The summed E-state index contributed by atoms with van der Waals surface area (Å²) in [4.78, 5) is 6.48. The molecule has 4 heteroatoms. The summed E-state index contributed by atoms with van der Waals surface area (Å²) in [6.07, 6.45) is 2.25. The van der Waals surface area contributed by atoms with Gasteiger partial charge in [-0.2, -0.15) is 0 Å². The summed E-state index contributed by atoms with van der Waals surface area (Å²) >= 11 is 0. The zero-order chi connectivity index (χ0) is 9.97. The van der Waals surface area contributed by atoms with Crippen molar-refractivity contribution >= 4 is 5.69 Å². The quantitative estimate of drug-likeness (QED) is 0.753. The van der Waals surface area contributed by atoms with Crippen LogP contribution in [-0.2, 0) is 11.3 Å². The number of nitrogens with zero attached hydrogens (tertiary/aromatic N) is 2. The van der Waals surface area contributed by atoms with Gasteiger partial charge in [0.25, 0.3) is 0 Å². The number of aromatic nitrogens is 1. The second kappa shape index (κ2) is 3.94. The average Bonchev–Trinajstić information content (AvgIpc) is 2.17. The highest BCUT2D eigenvalue weighted by Gasteiger charge is 2.26. The number of pyridine rings is 1. The van der Waals surface area contributed by atoms with Gasteiger partial charge in [-0.3, -0.25) is 4.98 Å². The Morgan fingerprint density at radius 1 is 1.57 bits per heavy atom. The lowest BCUT2D eigenvalue weighted by atomic mass is 10.1. The molecule has 0 spiro atoms. The van der Waals surface area contributed by atoms with E-state index in [1.165, 1.54) is 0 Å². The molecule has 2 N–H and O–H groups in total. The third kappa shape index (κ3) is 1.71. The summed E-state index contributed by atoms with van der Waals surface area (Å²) in [6.45, 7) is 2.42. The fourth-order valence-corrected chi connectivity index (χ4v) is 1.52. The van der Waals surface area contributed by atoms with Crippen molar-refractivity contribution in [2.75, 3.05) is 25.1 Å². The van der Waals surface area contributed by atoms with E-state index in [-0.39, 0.29) is 0 Å². The van der Waals surface area contributed by atoms with Crippen molar-refractivity contribution < 1.29 is 4.74 Å². The molecule has 1 saturated heterocycles. The Hall–Kier alpha value is -1.13. The molecule has 0 unspecified atom stereocenters. The molecule has 1 aromatic heterocycles. The van der Waals surface area contributed by atoms with Crippen LogP contribution in [-0.4, -0.2) is 31.3 Å². The fraction of sp³-hybridized carbons (Fsp3) is 0.500. The van der Waals surface area contributed by atoms with Crippen LogP contribution >= 0.6 is 0 Å². The maximum Gasteiger partial charge on any atom is 0.0920 e. The standard InChI is InChI=1S/C10H15N3O/c1-14-10-6-13(7-10)9-3-2-8(4-11)12-5-9/h2-3,5,10H,4,6-7,11H2,1H3. The van der Waals surface area contributed by atoms with Crippen molar-refractivity contribution in [2.45, 2.75) is 12.6 Å². The van der Waals surface area contributed by atoms with Gasteiger partial charge in [0.2, 0.25) is 0 Å². The highest BCUT2D eigenvalue weighted by Crippen LogP contribution is 2.20. The first kappa shape index (κ1) is 9.43. The molecule has 0 aromatic carbocycles. The lowest BCUT2D eigenvalue weighted by molar-refractivity contribution is 0.0787. The van der Waals surface area contributed by atoms with Gasteiger partial charge in [-0.25, -0.2) is 0 Å². The number of ether oxygens (including phenoxy) is 1. The number of nitrogens with two attached hydrogens (primary N) is 1. The molecule has 0 aliphatic carbocycles. The van der Waals surface area contributed by atoms with E-state index in [4.69, 9.17) is 10.5 Å². The van der Waals surface area contributed by atoms with E-state index >= 15 is 0 Å². The smallest absolute Gasteiger partial charge is 0.0920 e. The average molecular weight is 193 g/mol. The van der Waals surface area contributed by atoms with Gasteiger partial charge >= 0.3 is 0 Å². The first-order valence-corrected chi connectivity index (χ1v) is 4.76. The normalized spacial score (nSPS) is 16.9. The molecule has 1 aliphatic rings. The second-order valence-corrected chi connectivity index (χ2v) is 3.47. The molecule has 14 heavy (non-hydrogen) atoms. The van der Waals surface area contributed by atoms with E-state index in [1.54, 1.807) is 7.11 Å². The van der Waals surface area contributed by atoms with E-state index < -0.39 is 0 Å². The topological polar surface area (TPSA) is 51.4 Å². The van der Waals surface area contributed by atoms with Crippen LogP contribution in [0, 0.1) is 0 Å². The molecule has 0 bridgehead atoms. The molecular weight excluding hydrogens is 178 g/mol. The summed E-state index contributed by atoms with van der Waals surface area (Å²) in [6, 6.07) is 4.02. The van der Waals surface area contributed by atoms with E-state index in [0.717, 1.165) is 24.5 Å². The predicted molar refractivity (Wildman–Crippen MR) is 55.1 cm³/mol. The Bertz CT molecular complexity index is 293. The molecule has 1 fully saturated rings. The highest BCUT2D eigenvalue weighted by molar-refractivity contribution is 5.47. The van der Waals surface area contributed by atoms with E-state index in [0.29, 0.717) is 12.6 Å². The molecule has 0 radical (unpaired) electrons. The van der Waals surface area contributed by atoms with Gasteiger partial charge in [-0.1, -0.05) is 0 Å². The maximum absolute atomic E-state index is 5.47. The van der Waals surface area contributed by atoms with Crippen LogP contribution in [0.25, 0.3) is 0 Å². The fourth-order valence-electron chi connectivity index (χ4n) is 1.52. The van der Waals surface area contributed by atoms with E-state index in [2.05, 4.69) is 16.0 Å². The second-order valence-electron chi connectivity index (χ2n) is 3.47. The summed E-state index contributed by atoms with van der Waals surface area (Å²) in [5.41, 5.74) is 7.55. The van der Waals surface area contributed by atoms with Gasteiger partial charge in [-0.05, 0) is 12.1 Å². The number of anilines is 1. The zero-order valence-corrected chi connectivity index (χ0v) is 8.31. The molecule has 76 valence electrons. The van der Waals surface area contributed by atoms with Gasteiger partial charge < -0.3 is 15.4 Å². The SMILES string of the molecule is COC1CN(c2ccc(CN)nc2)C1. The minimum Gasteiger partial charge on any atom is -0.378 e. The summed E-state index contributed by atoms with van der Waals surface area (Å²) in [7, 11) is 1.75. The van der Waals surface area contributed by atoms with Crippen molar-refractivity contribution in [1.29, 1.82) is 0 Å². The molecule has 1 aromatic rings. The van der Waals surface area contributed by atoms with Crippen LogP contribution in [0.2, 0.25) is 0 Å². The summed E-state index contributed by atoms with van der Waals surface area (Å²) < 4.78 is 5.20. The minimum absolute atomic E-state index is 0.379. The van der Waals surface area contributed by atoms with Crippen molar-refractivity contribution in [3.05, 3.63) is 24.0 Å². The van der Waals surface area contributed by atoms with Crippen molar-refractivity contribution in [3.63, 3.8) is 0 Å². The van der Waals surface area contributed by atoms with Crippen LogP contribution in [0.4, 0.5) is 5.69 Å². The molecular formula is C10H15N3O. The third-order valence-electron chi connectivity index (χ3n) is 2.56. The Labute approximate surface area is 83.7 Å². The maximum atomic E-state index is 5.47. The monoisotopic (exact) mass is 193 g/mol. The highest BCUT2D eigenvalue weighted by atomic mass is 16.5. The van der Waals surface area contributed by atoms with Gasteiger partial charge in [0.1, 0.15) is 0 Å². The molecule has 1 aliphatic heterocycles. The zero-order valence-electron chi connectivity index (χ0n) is 8.31. The number of methoxy groups -OCH3 is 1. The van der Waals surface area contributed by atoms with Crippen LogP contribution in [0.1, 0.15) is 5.69 Å². The van der Waals surface area contributed by atoms with Crippen molar-refractivity contribution in [1.82, 2.24) is 4.98 Å². The molecule has 0 amide bonds. The van der Waals surface area contributed by atoms with Crippen molar-refractivity contribution in [2.24, 2.45) is 5.73 Å². The Morgan fingerprint density at radius 3 is 2.86 bits per heavy atom. The van der Waals surface area contributed by atoms with Crippen LogP contribution in [0.15, 0.2) is 18.3 Å².